The Labute approximate surface area is 123 Å². The van der Waals surface area contributed by atoms with Crippen LogP contribution in [0.1, 0.15) is 21.5 Å². The summed E-state index contributed by atoms with van der Waals surface area (Å²) in [6.07, 6.45) is 1.12. The third-order valence-electron chi connectivity index (χ3n) is 3.34. The summed E-state index contributed by atoms with van der Waals surface area (Å²) in [5.74, 6) is 0. The van der Waals surface area contributed by atoms with Crippen LogP contribution in [0.4, 0.5) is 0 Å². The molecule has 0 aromatic heterocycles. The molecule has 2 aliphatic carbocycles. The molecular formula is C11H8Br4. The summed E-state index contributed by atoms with van der Waals surface area (Å²) < 4.78 is 0.136. The SMILES string of the molecule is BrC1c2cccc3c2[C@](Br)(C3)[C@H](Br)[C@@H]1Br. The molecule has 0 saturated carbocycles. The molecule has 15 heavy (non-hydrogen) atoms. The van der Waals surface area contributed by atoms with Crippen molar-refractivity contribution in [2.24, 2.45) is 0 Å². The smallest absolute Gasteiger partial charge is 0.0687 e. The summed E-state index contributed by atoms with van der Waals surface area (Å²) in [4.78, 5) is 1.24. The van der Waals surface area contributed by atoms with Crippen molar-refractivity contribution in [1.29, 1.82) is 0 Å². The van der Waals surface area contributed by atoms with Crippen LogP contribution in [0, 0.1) is 0 Å². The van der Waals surface area contributed by atoms with E-state index < -0.39 is 0 Å². The molecule has 4 atom stereocenters. The molecule has 0 N–H and O–H groups in total. The van der Waals surface area contributed by atoms with E-state index >= 15 is 0 Å². The molecule has 4 heteroatoms. The van der Waals surface area contributed by atoms with Crippen LogP contribution in [0.2, 0.25) is 0 Å². The predicted molar refractivity (Wildman–Crippen MR) is 77.8 cm³/mol. The van der Waals surface area contributed by atoms with Crippen LogP contribution in [0.3, 0.4) is 0 Å². The van der Waals surface area contributed by atoms with Gasteiger partial charge in [-0.1, -0.05) is 81.9 Å². The van der Waals surface area contributed by atoms with Gasteiger partial charge in [-0.25, -0.2) is 0 Å². The molecule has 1 unspecified atom stereocenters. The van der Waals surface area contributed by atoms with E-state index in [0.29, 0.717) is 14.5 Å². The molecule has 80 valence electrons. The van der Waals surface area contributed by atoms with Gasteiger partial charge in [0.05, 0.1) is 9.15 Å². The van der Waals surface area contributed by atoms with Crippen LogP contribution in [0.25, 0.3) is 0 Å². The van der Waals surface area contributed by atoms with Crippen molar-refractivity contribution in [3.8, 4) is 0 Å². The molecule has 0 fully saturated rings. The Morgan fingerprint density at radius 2 is 1.93 bits per heavy atom. The standard InChI is InChI=1S/C11H8Br4/c12-8-6-3-1-2-5-4-11(15,7(5)6)10(14)9(8)13/h1-3,8-10H,4H2/t8?,9-,10-,11-/m1/s1. The number of benzene rings is 1. The van der Waals surface area contributed by atoms with Crippen molar-refractivity contribution in [2.45, 2.75) is 25.2 Å². The van der Waals surface area contributed by atoms with Gasteiger partial charge in [-0.15, -0.1) is 0 Å². The van der Waals surface area contributed by atoms with Crippen LogP contribution in [-0.2, 0) is 10.7 Å². The Bertz CT molecular complexity index is 431. The van der Waals surface area contributed by atoms with Gasteiger partial charge in [-0.2, -0.15) is 0 Å². The fraction of sp³-hybridized carbons (Fsp3) is 0.455. The highest BCUT2D eigenvalue weighted by Crippen LogP contribution is 2.61. The number of hydrogen-bond donors (Lipinski definition) is 0. The molecule has 3 rings (SSSR count). The van der Waals surface area contributed by atoms with Crippen LogP contribution in [0.15, 0.2) is 18.2 Å². The first-order chi connectivity index (χ1) is 7.05. The second kappa shape index (κ2) is 3.56. The molecule has 0 heterocycles. The summed E-state index contributed by atoms with van der Waals surface area (Å²) >= 11 is 15.3. The van der Waals surface area contributed by atoms with Gasteiger partial charge in [-0.3, -0.25) is 0 Å². The van der Waals surface area contributed by atoms with Crippen LogP contribution in [0.5, 0.6) is 0 Å². The van der Waals surface area contributed by atoms with Gasteiger partial charge in [0.15, 0.2) is 0 Å². The van der Waals surface area contributed by atoms with Gasteiger partial charge in [0.2, 0.25) is 0 Å². The summed E-state index contributed by atoms with van der Waals surface area (Å²) in [5, 5.41) is 0. The monoisotopic (exact) mass is 456 g/mol. The molecule has 0 nitrogen and oxygen atoms in total. The van der Waals surface area contributed by atoms with Gasteiger partial charge in [-0.05, 0) is 23.1 Å². The number of alkyl halides is 4. The van der Waals surface area contributed by atoms with Crippen molar-refractivity contribution in [2.75, 3.05) is 0 Å². The normalized spacial score (nSPS) is 42.0. The highest BCUT2D eigenvalue weighted by atomic mass is 79.9. The molecule has 0 bridgehead atoms. The van der Waals surface area contributed by atoms with E-state index in [2.05, 4.69) is 81.9 Å². The molecule has 0 aliphatic heterocycles. The van der Waals surface area contributed by atoms with Gasteiger partial charge in [0.1, 0.15) is 0 Å². The van der Waals surface area contributed by atoms with E-state index in [4.69, 9.17) is 0 Å². The molecule has 0 spiro atoms. The highest BCUT2D eigenvalue weighted by molar-refractivity contribution is 9.14. The third kappa shape index (κ3) is 1.34. The first kappa shape index (κ1) is 11.2. The Morgan fingerprint density at radius 1 is 1.20 bits per heavy atom. The van der Waals surface area contributed by atoms with E-state index in [1.807, 2.05) is 0 Å². The molecule has 0 saturated heterocycles. The van der Waals surface area contributed by atoms with E-state index in [1.165, 1.54) is 16.7 Å². The fourth-order valence-electron chi connectivity index (χ4n) is 2.57. The van der Waals surface area contributed by atoms with Crippen molar-refractivity contribution in [3.05, 3.63) is 34.9 Å². The van der Waals surface area contributed by atoms with Crippen molar-refractivity contribution in [3.63, 3.8) is 0 Å². The maximum absolute atomic E-state index is 3.90. The van der Waals surface area contributed by atoms with Gasteiger partial charge in [0.25, 0.3) is 0 Å². The summed E-state index contributed by atoms with van der Waals surface area (Å²) in [6, 6.07) is 6.61. The summed E-state index contributed by atoms with van der Waals surface area (Å²) in [7, 11) is 0. The Morgan fingerprint density at radius 3 is 2.67 bits per heavy atom. The quantitative estimate of drug-likeness (QED) is 0.489. The zero-order valence-electron chi connectivity index (χ0n) is 7.68. The minimum absolute atomic E-state index is 0.136. The predicted octanol–water partition coefficient (Wildman–Crippen LogP) is 4.81. The first-order valence-corrected chi connectivity index (χ1v) is 8.33. The second-order valence-electron chi connectivity index (χ2n) is 4.17. The highest BCUT2D eigenvalue weighted by Gasteiger charge is 2.54. The zero-order chi connectivity index (χ0) is 10.8. The molecule has 0 radical (unpaired) electrons. The van der Waals surface area contributed by atoms with E-state index in [9.17, 15) is 0 Å². The van der Waals surface area contributed by atoms with Crippen molar-refractivity contribution in [1.82, 2.24) is 0 Å². The van der Waals surface area contributed by atoms with Gasteiger partial charge >= 0.3 is 0 Å². The second-order valence-corrected chi connectivity index (χ2v) is 8.61. The van der Waals surface area contributed by atoms with Crippen LogP contribution < -0.4 is 0 Å². The minimum Gasteiger partial charge on any atom is -0.0862 e. The van der Waals surface area contributed by atoms with Crippen LogP contribution >= 0.6 is 63.7 Å². The Balaban J connectivity index is 2.25. The van der Waals surface area contributed by atoms with Crippen molar-refractivity contribution < 1.29 is 0 Å². The third-order valence-corrected chi connectivity index (χ3v) is 10.0. The average molecular weight is 460 g/mol. The number of halogens is 4. The van der Waals surface area contributed by atoms with E-state index in [1.54, 1.807) is 0 Å². The fourth-order valence-corrected chi connectivity index (χ4v) is 6.52. The maximum atomic E-state index is 3.90. The molecule has 1 aromatic rings. The maximum Gasteiger partial charge on any atom is 0.0687 e. The minimum atomic E-state index is 0.136. The lowest BCUT2D eigenvalue weighted by atomic mass is 9.68. The molecule has 0 amide bonds. The van der Waals surface area contributed by atoms with E-state index in [0.717, 1.165) is 6.42 Å². The largest absolute Gasteiger partial charge is 0.0862 e. The van der Waals surface area contributed by atoms with Gasteiger partial charge in [0, 0.05) is 9.65 Å². The summed E-state index contributed by atoms with van der Waals surface area (Å²) in [5.41, 5.74) is 4.40. The molecule has 1 aromatic carbocycles. The zero-order valence-corrected chi connectivity index (χ0v) is 14.0. The van der Waals surface area contributed by atoms with Crippen molar-refractivity contribution >= 4 is 63.7 Å². The lowest BCUT2D eigenvalue weighted by molar-refractivity contribution is 0.490. The average Bonchev–Trinajstić information content (AvgIpc) is 2.22. The molecular weight excluding hydrogens is 452 g/mol. The Hall–Kier alpha value is 1.14. The number of rotatable bonds is 0. The Kier molecular flexibility index (Phi) is 2.67. The topological polar surface area (TPSA) is 0 Å². The number of hydrogen-bond acceptors (Lipinski definition) is 0. The van der Waals surface area contributed by atoms with E-state index in [-0.39, 0.29) is 4.32 Å². The molecule has 2 aliphatic rings. The lowest BCUT2D eigenvalue weighted by Gasteiger charge is -2.51. The first-order valence-electron chi connectivity index (χ1n) is 4.79. The van der Waals surface area contributed by atoms with Crippen LogP contribution in [-0.4, -0.2) is 9.65 Å². The lowest BCUT2D eigenvalue weighted by Crippen LogP contribution is -2.50. The van der Waals surface area contributed by atoms with Gasteiger partial charge < -0.3 is 0 Å². The summed E-state index contributed by atoms with van der Waals surface area (Å²) in [6.45, 7) is 0.